The minimum Gasteiger partial charge on any atom is -0.103 e. The van der Waals surface area contributed by atoms with Gasteiger partial charge in [0, 0.05) is 4.48 Å². The molecule has 0 aromatic rings. The summed E-state index contributed by atoms with van der Waals surface area (Å²) < 4.78 is 1.23. The van der Waals surface area contributed by atoms with Gasteiger partial charge in [-0.2, -0.15) is 0 Å². The molecule has 0 radical (unpaired) electrons. The van der Waals surface area contributed by atoms with E-state index in [1.54, 1.807) is 0 Å². The van der Waals surface area contributed by atoms with E-state index in [-0.39, 0.29) is 5.41 Å². The molecule has 0 aliphatic carbocycles. The number of halogens is 1. The molecule has 74 valence electrons. The van der Waals surface area contributed by atoms with Gasteiger partial charge >= 0.3 is 0 Å². The lowest BCUT2D eigenvalue weighted by Gasteiger charge is -2.22. The van der Waals surface area contributed by atoms with Gasteiger partial charge in [0.25, 0.3) is 0 Å². The summed E-state index contributed by atoms with van der Waals surface area (Å²) in [5.74, 6) is 0. The van der Waals surface area contributed by atoms with Crippen LogP contribution < -0.4 is 0 Å². The van der Waals surface area contributed by atoms with Gasteiger partial charge in [-0.25, -0.2) is 0 Å². The zero-order chi connectivity index (χ0) is 10.5. The molecule has 1 heteroatoms. The highest BCUT2D eigenvalue weighted by Gasteiger charge is 2.16. The lowest BCUT2D eigenvalue weighted by Crippen LogP contribution is -2.08. The summed E-state index contributed by atoms with van der Waals surface area (Å²) in [7, 11) is 0. The van der Waals surface area contributed by atoms with Crippen LogP contribution in [0.5, 0.6) is 0 Å². The zero-order valence-corrected chi connectivity index (χ0v) is 10.6. The van der Waals surface area contributed by atoms with E-state index in [0.29, 0.717) is 0 Å². The fraction of sp³-hybridized carbons (Fsp3) is 0.500. The summed E-state index contributed by atoms with van der Waals surface area (Å²) in [5.41, 5.74) is 1.53. The number of allylic oxidation sites excluding steroid dienone is 5. The Morgan fingerprint density at radius 2 is 1.92 bits per heavy atom. The Hall–Kier alpha value is -0.300. The maximum atomic E-state index is 3.74. The molecule has 0 spiro atoms. The summed E-state index contributed by atoms with van der Waals surface area (Å²) >= 11 is 3.60. The van der Waals surface area contributed by atoms with E-state index >= 15 is 0 Å². The molecule has 0 saturated heterocycles. The Kier molecular flexibility index (Phi) is 5.31. The molecule has 0 atom stereocenters. The van der Waals surface area contributed by atoms with Crippen molar-refractivity contribution >= 4 is 15.9 Å². The van der Waals surface area contributed by atoms with E-state index in [4.69, 9.17) is 0 Å². The molecule has 0 amide bonds. The van der Waals surface area contributed by atoms with Crippen molar-refractivity contribution < 1.29 is 0 Å². The predicted octanol–water partition coefficient (Wildman–Crippen LogP) is 4.83. The molecule has 0 nitrogen and oxygen atoms in total. The van der Waals surface area contributed by atoms with Gasteiger partial charge in [0.15, 0.2) is 0 Å². The first-order valence-corrected chi connectivity index (χ1v) is 5.35. The topological polar surface area (TPSA) is 0 Å². The van der Waals surface area contributed by atoms with Gasteiger partial charge in [0.1, 0.15) is 0 Å². The molecule has 0 aliphatic heterocycles. The van der Waals surface area contributed by atoms with Crippen LogP contribution in [0.2, 0.25) is 0 Å². The van der Waals surface area contributed by atoms with Crippen molar-refractivity contribution in [2.45, 2.75) is 34.1 Å². The summed E-state index contributed by atoms with van der Waals surface area (Å²) in [5, 5.41) is 0. The van der Waals surface area contributed by atoms with Crippen molar-refractivity contribution in [3.8, 4) is 0 Å². The minimum absolute atomic E-state index is 0.189. The van der Waals surface area contributed by atoms with Crippen LogP contribution >= 0.6 is 15.9 Å². The second-order valence-corrected chi connectivity index (χ2v) is 5.02. The van der Waals surface area contributed by atoms with Gasteiger partial charge in [-0.3, -0.25) is 0 Å². The molecule has 0 fully saturated rings. The number of rotatable bonds is 3. The Morgan fingerprint density at radius 3 is 2.23 bits per heavy atom. The average molecular weight is 243 g/mol. The summed E-state index contributed by atoms with van der Waals surface area (Å²) in [6, 6.07) is 0. The first-order valence-electron chi connectivity index (χ1n) is 4.56. The first kappa shape index (κ1) is 12.7. The second kappa shape index (κ2) is 5.43. The van der Waals surface area contributed by atoms with Crippen LogP contribution in [-0.4, -0.2) is 0 Å². The lowest BCUT2D eigenvalue weighted by molar-refractivity contribution is 0.514. The maximum Gasteiger partial charge on any atom is 0.00254 e. The van der Waals surface area contributed by atoms with Crippen LogP contribution in [0.1, 0.15) is 34.1 Å². The van der Waals surface area contributed by atoms with Gasteiger partial charge in [-0.05, 0) is 24.3 Å². The van der Waals surface area contributed by atoms with Gasteiger partial charge < -0.3 is 0 Å². The molecule has 13 heavy (non-hydrogen) atoms. The zero-order valence-electron chi connectivity index (χ0n) is 9.02. The molecule has 0 bridgehead atoms. The molecular weight excluding hydrogens is 224 g/mol. The van der Waals surface area contributed by atoms with Crippen molar-refractivity contribution in [1.29, 1.82) is 0 Å². The molecule has 0 saturated carbocycles. The molecule has 0 aliphatic rings. The Labute approximate surface area is 90.6 Å². The third-order valence-corrected chi connectivity index (χ3v) is 2.51. The molecule has 0 rings (SSSR count). The quantitative estimate of drug-likeness (QED) is 0.491. The van der Waals surface area contributed by atoms with Gasteiger partial charge in [-0.1, -0.05) is 54.9 Å². The molecule has 0 unspecified atom stereocenters. The number of hydrogen-bond acceptors (Lipinski definition) is 0. The third-order valence-electron chi connectivity index (χ3n) is 1.76. The highest BCUT2D eigenvalue weighted by atomic mass is 79.9. The molecular formula is C12H19Br. The second-order valence-electron chi connectivity index (χ2n) is 4.06. The van der Waals surface area contributed by atoms with Crippen molar-refractivity contribution in [3.05, 3.63) is 34.9 Å². The van der Waals surface area contributed by atoms with Crippen LogP contribution in [0.4, 0.5) is 0 Å². The Bertz CT molecular complexity index is 226. The van der Waals surface area contributed by atoms with Gasteiger partial charge in [-0.15, -0.1) is 6.58 Å². The van der Waals surface area contributed by atoms with Crippen LogP contribution in [-0.2, 0) is 0 Å². The normalized spacial score (nSPS) is 14.5. The fourth-order valence-corrected chi connectivity index (χ4v) is 2.11. The third kappa shape index (κ3) is 4.47. The highest BCUT2D eigenvalue weighted by molar-refractivity contribution is 9.11. The first-order chi connectivity index (χ1) is 5.93. The van der Waals surface area contributed by atoms with Crippen molar-refractivity contribution in [2.75, 3.05) is 0 Å². The van der Waals surface area contributed by atoms with Crippen LogP contribution in [0, 0.1) is 5.41 Å². The lowest BCUT2D eigenvalue weighted by atomic mass is 9.85. The van der Waals surface area contributed by atoms with Crippen molar-refractivity contribution in [3.63, 3.8) is 0 Å². The van der Waals surface area contributed by atoms with Crippen molar-refractivity contribution in [2.24, 2.45) is 5.41 Å². The van der Waals surface area contributed by atoms with Gasteiger partial charge in [0.2, 0.25) is 0 Å². The van der Waals surface area contributed by atoms with E-state index in [0.717, 1.165) is 6.42 Å². The van der Waals surface area contributed by atoms with Crippen LogP contribution in [0.15, 0.2) is 34.9 Å². The monoisotopic (exact) mass is 242 g/mol. The Balaban J connectivity index is 4.99. The van der Waals surface area contributed by atoms with Crippen LogP contribution in [0.3, 0.4) is 0 Å². The standard InChI is InChI=1S/C12H19Br/c1-6-8-10(12(3,4)5)11(13)9-7-2/h6-8H,2,9H2,1,3-5H3/b8-6-,11-10-. The van der Waals surface area contributed by atoms with Gasteiger partial charge in [0.05, 0.1) is 0 Å². The highest BCUT2D eigenvalue weighted by Crippen LogP contribution is 2.33. The van der Waals surface area contributed by atoms with Crippen molar-refractivity contribution in [1.82, 2.24) is 0 Å². The Morgan fingerprint density at radius 1 is 1.38 bits per heavy atom. The van der Waals surface area contributed by atoms with E-state index in [2.05, 4.69) is 55.4 Å². The molecule has 0 heterocycles. The number of hydrogen-bond donors (Lipinski definition) is 0. The molecule has 0 N–H and O–H groups in total. The SMILES string of the molecule is C=CC/C(Br)=C(\C=C/C)C(C)(C)C. The van der Waals surface area contributed by atoms with E-state index in [1.165, 1.54) is 10.1 Å². The summed E-state index contributed by atoms with van der Waals surface area (Å²) in [6.45, 7) is 12.4. The smallest absolute Gasteiger partial charge is 0.00254 e. The molecule has 0 aromatic carbocycles. The minimum atomic E-state index is 0.189. The van der Waals surface area contributed by atoms with E-state index in [1.807, 2.05) is 13.0 Å². The van der Waals surface area contributed by atoms with E-state index in [9.17, 15) is 0 Å². The fourth-order valence-electron chi connectivity index (χ4n) is 1.15. The predicted molar refractivity (Wildman–Crippen MR) is 65.0 cm³/mol. The molecule has 0 aromatic heterocycles. The van der Waals surface area contributed by atoms with E-state index < -0.39 is 0 Å². The maximum absolute atomic E-state index is 3.74. The summed E-state index contributed by atoms with van der Waals surface area (Å²) in [6.07, 6.45) is 7.05. The van der Waals surface area contributed by atoms with Crippen LogP contribution in [0.25, 0.3) is 0 Å². The largest absolute Gasteiger partial charge is 0.103 e. The average Bonchev–Trinajstić information content (AvgIpc) is 1.98. The summed E-state index contributed by atoms with van der Waals surface area (Å²) in [4.78, 5) is 0.